The minimum atomic E-state index is -0.224. The number of carbonyl (C=O) groups is 1. The van der Waals surface area contributed by atoms with Crippen LogP contribution in [0.15, 0.2) is 0 Å². The van der Waals surface area contributed by atoms with Crippen molar-refractivity contribution in [2.45, 2.75) is 47.1 Å². The summed E-state index contributed by atoms with van der Waals surface area (Å²) in [5.74, 6) is 0.235. The quantitative estimate of drug-likeness (QED) is 0.659. The fraction of sp³-hybridized carbons (Fsp3) is 0.909. The molecule has 0 bridgehead atoms. The number of hydrogen-bond acceptors (Lipinski definition) is 2. The number of amides is 1. The molecular formula is C11H23NO2Si. The number of likely N-dealkylation sites (tertiary alicyclic amines) is 1. The first-order valence-corrected chi connectivity index (χ1v) is 6.32. The molecule has 1 aliphatic heterocycles. The molecule has 1 aliphatic rings. The Bertz CT molecular complexity index is 258. The van der Waals surface area contributed by atoms with E-state index in [0.29, 0.717) is 23.3 Å². The third-order valence-corrected chi connectivity index (χ3v) is 3.45. The molecule has 1 amide bonds. The molecule has 0 aromatic rings. The lowest BCUT2D eigenvalue weighted by Gasteiger charge is -2.34. The predicted octanol–water partition coefficient (Wildman–Crippen LogP) is 0.914. The van der Waals surface area contributed by atoms with Crippen LogP contribution < -0.4 is 0 Å². The fourth-order valence-electron chi connectivity index (χ4n) is 2.27. The molecule has 1 rings (SSSR count). The number of rotatable bonds is 2. The summed E-state index contributed by atoms with van der Waals surface area (Å²) in [7, 11) is 0.683. The summed E-state index contributed by atoms with van der Waals surface area (Å²) in [6.45, 7) is 11.1. The Morgan fingerprint density at radius 3 is 2.47 bits per heavy atom. The Balaban J connectivity index is 2.93. The van der Waals surface area contributed by atoms with Gasteiger partial charge in [-0.3, -0.25) is 4.79 Å². The average Bonchev–Trinajstić information content (AvgIpc) is 2.28. The van der Waals surface area contributed by atoms with Gasteiger partial charge in [-0.15, -0.1) is 0 Å². The van der Waals surface area contributed by atoms with Gasteiger partial charge in [0.2, 0.25) is 5.91 Å². The lowest BCUT2D eigenvalue weighted by molar-refractivity contribution is -0.139. The molecule has 0 spiro atoms. The van der Waals surface area contributed by atoms with Gasteiger partial charge in [-0.25, -0.2) is 0 Å². The van der Waals surface area contributed by atoms with E-state index in [0.717, 1.165) is 6.42 Å². The zero-order chi connectivity index (χ0) is 11.9. The van der Waals surface area contributed by atoms with Crippen molar-refractivity contribution in [3.05, 3.63) is 0 Å². The summed E-state index contributed by atoms with van der Waals surface area (Å²) in [5, 5.41) is 0. The molecular weight excluding hydrogens is 206 g/mol. The van der Waals surface area contributed by atoms with Crippen molar-refractivity contribution in [1.82, 2.24) is 4.90 Å². The number of hydrogen-bond donors (Lipinski definition) is 0. The third kappa shape index (κ3) is 2.42. The van der Waals surface area contributed by atoms with Crippen LogP contribution in [0.5, 0.6) is 0 Å². The molecule has 0 radical (unpaired) electrons. The second-order valence-electron chi connectivity index (χ2n) is 6.16. The van der Waals surface area contributed by atoms with E-state index in [-0.39, 0.29) is 16.7 Å². The van der Waals surface area contributed by atoms with E-state index >= 15 is 0 Å². The van der Waals surface area contributed by atoms with E-state index in [9.17, 15) is 4.79 Å². The van der Waals surface area contributed by atoms with Gasteiger partial charge in [0.25, 0.3) is 0 Å². The first-order valence-electron chi connectivity index (χ1n) is 5.50. The standard InChI is InChI=1S/C11H23NO2Si/c1-10(2,3)8-6-11(4,5)9(13)12(8)7-14-15/h8H,6-7H2,1-5,15H3/t8-/m0/s1. The van der Waals surface area contributed by atoms with Crippen molar-refractivity contribution in [1.29, 1.82) is 0 Å². The maximum Gasteiger partial charge on any atom is 0.230 e. The van der Waals surface area contributed by atoms with E-state index in [4.69, 9.17) is 4.43 Å². The van der Waals surface area contributed by atoms with E-state index < -0.39 is 0 Å². The minimum Gasteiger partial charge on any atom is -0.411 e. The van der Waals surface area contributed by atoms with Crippen LogP contribution in [-0.2, 0) is 9.22 Å². The summed E-state index contributed by atoms with van der Waals surface area (Å²) < 4.78 is 5.26. The van der Waals surface area contributed by atoms with Gasteiger partial charge in [0.05, 0.1) is 0 Å². The van der Waals surface area contributed by atoms with Gasteiger partial charge in [-0.1, -0.05) is 34.6 Å². The van der Waals surface area contributed by atoms with Crippen molar-refractivity contribution in [2.75, 3.05) is 6.73 Å². The molecule has 0 aromatic carbocycles. The molecule has 1 heterocycles. The molecule has 3 nitrogen and oxygen atoms in total. The lowest BCUT2D eigenvalue weighted by Crippen LogP contribution is -2.43. The number of nitrogens with zero attached hydrogens (tertiary/aromatic N) is 1. The topological polar surface area (TPSA) is 29.5 Å². The highest BCUT2D eigenvalue weighted by Gasteiger charge is 2.48. The first-order chi connectivity index (χ1) is 6.70. The fourth-order valence-corrected chi connectivity index (χ4v) is 2.55. The molecule has 1 fully saturated rings. The van der Waals surface area contributed by atoms with Crippen LogP contribution >= 0.6 is 0 Å². The van der Waals surface area contributed by atoms with Crippen molar-refractivity contribution in [3.8, 4) is 0 Å². The smallest absolute Gasteiger partial charge is 0.230 e. The van der Waals surface area contributed by atoms with Gasteiger partial charge < -0.3 is 9.33 Å². The van der Waals surface area contributed by atoms with Gasteiger partial charge in [-0.2, -0.15) is 0 Å². The second kappa shape index (κ2) is 3.90. The molecule has 1 saturated heterocycles. The normalized spacial score (nSPS) is 26.3. The van der Waals surface area contributed by atoms with Gasteiger partial charge >= 0.3 is 0 Å². The van der Waals surface area contributed by atoms with Crippen LogP contribution in [-0.4, -0.2) is 34.1 Å². The summed E-state index contributed by atoms with van der Waals surface area (Å²) in [6, 6.07) is 0.300. The highest BCUT2D eigenvalue weighted by atomic mass is 28.2. The summed E-state index contributed by atoms with van der Waals surface area (Å²) in [5.41, 5.74) is -0.0957. The first kappa shape index (κ1) is 12.7. The highest BCUT2D eigenvalue weighted by molar-refractivity contribution is 5.98. The van der Waals surface area contributed by atoms with Gasteiger partial charge in [0.15, 0.2) is 0 Å². The van der Waals surface area contributed by atoms with Crippen LogP contribution in [0.3, 0.4) is 0 Å². The Kier molecular flexibility index (Phi) is 3.31. The Morgan fingerprint density at radius 2 is 2.07 bits per heavy atom. The van der Waals surface area contributed by atoms with E-state index in [1.165, 1.54) is 0 Å². The number of carbonyl (C=O) groups excluding carboxylic acids is 1. The predicted molar refractivity (Wildman–Crippen MR) is 64.4 cm³/mol. The summed E-state index contributed by atoms with van der Waals surface area (Å²) >= 11 is 0. The van der Waals surface area contributed by atoms with Crippen molar-refractivity contribution in [3.63, 3.8) is 0 Å². The van der Waals surface area contributed by atoms with E-state index in [2.05, 4.69) is 20.8 Å². The zero-order valence-electron chi connectivity index (χ0n) is 10.8. The highest BCUT2D eigenvalue weighted by Crippen LogP contribution is 2.42. The molecule has 15 heavy (non-hydrogen) atoms. The molecule has 88 valence electrons. The minimum absolute atomic E-state index is 0.128. The third-order valence-electron chi connectivity index (χ3n) is 3.19. The lowest BCUT2D eigenvalue weighted by atomic mass is 9.80. The summed E-state index contributed by atoms with van der Waals surface area (Å²) in [4.78, 5) is 14.0. The molecule has 0 unspecified atom stereocenters. The van der Waals surface area contributed by atoms with E-state index in [1.54, 1.807) is 0 Å². The van der Waals surface area contributed by atoms with Gasteiger partial charge in [0, 0.05) is 11.5 Å². The SMILES string of the molecule is CC1(C)C[C@@H](C(C)(C)C)N(CO[SiH3])C1=O. The van der Waals surface area contributed by atoms with Crippen LogP contribution in [0.25, 0.3) is 0 Å². The molecule has 1 atom stereocenters. The van der Waals surface area contributed by atoms with Crippen molar-refractivity contribution in [2.24, 2.45) is 10.8 Å². The van der Waals surface area contributed by atoms with Crippen LogP contribution in [0.1, 0.15) is 41.0 Å². The molecule has 4 heteroatoms. The summed E-state index contributed by atoms with van der Waals surface area (Å²) in [6.07, 6.45) is 0.931. The molecule has 0 saturated carbocycles. The maximum absolute atomic E-state index is 12.1. The van der Waals surface area contributed by atoms with Crippen molar-refractivity contribution < 1.29 is 9.22 Å². The van der Waals surface area contributed by atoms with Crippen LogP contribution in [0.2, 0.25) is 0 Å². The average molecular weight is 229 g/mol. The van der Waals surface area contributed by atoms with E-state index in [1.807, 2.05) is 18.7 Å². The van der Waals surface area contributed by atoms with Gasteiger partial charge in [0.1, 0.15) is 17.2 Å². The largest absolute Gasteiger partial charge is 0.411 e. The van der Waals surface area contributed by atoms with Crippen LogP contribution in [0, 0.1) is 10.8 Å². The Labute approximate surface area is 95.7 Å². The molecule has 0 aliphatic carbocycles. The molecule has 0 aromatic heterocycles. The Morgan fingerprint density at radius 1 is 1.53 bits per heavy atom. The molecule has 0 N–H and O–H groups in total. The second-order valence-corrected chi connectivity index (χ2v) is 6.74. The van der Waals surface area contributed by atoms with Crippen molar-refractivity contribution >= 4 is 16.4 Å². The zero-order valence-corrected chi connectivity index (χ0v) is 12.8. The maximum atomic E-state index is 12.1. The monoisotopic (exact) mass is 229 g/mol. The Hall–Kier alpha value is -0.353. The van der Waals surface area contributed by atoms with Crippen LogP contribution in [0.4, 0.5) is 0 Å². The van der Waals surface area contributed by atoms with Gasteiger partial charge in [-0.05, 0) is 11.8 Å².